The molecular formula is C18H20N4O2S2. The average Bonchev–Trinajstić information content (AvgIpc) is 2.98. The standard InChI is InChI=1S/C18H20N4O2S2/c1-11-9-14-16(26-11)20-18(22(4)17(14)24)25-10-15(23)19-12-5-7-13(8-6-12)21(2)3/h5-9H,10H2,1-4H3,(H,19,23). The van der Waals surface area contributed by atoms with E-state index in [9.17, 15) is 9.59 Å². The molecule has 0 atom stereocenters. The van der Waals surface area contributed by atoms with E-state index in [0.717, 1.165) is 16.3 Å². The molecule has 2 heterocycles. The first-order valence-electron chi connectivity index (χ1n) is 8.02. The van der Waals surface area contributed by atoms with E-state index in [0.29, 0.717) is 15.4 Å². The molecule has 0 aliphatic carbocycles. The molecule has 136 valence electrons. The predicted molar refractivity (Wildman–Crippen MR) is 110 cm³/mol. The molecular weight excluding hydrogens is 368 g/mol. The topological polar surface area (TPSA) is 67.2 Å². The van der Waals surface area contributed by atoms with Gasteiger partial charge in [0.25, 0.3) is 5.56 Å². The molecule has 2 aromatic heterocycles. The second-order valence-electron chi connectivity index (χ2n) is 6.11. The van der Waals surface area contributed by atoms with Crippen LogP contribution in [0.2, 0.25) is 0 Å². The van der Waals surface area contributed by atoms with Gasteiger partial charge >= 0.3 is 0 Å². The number of amides is 1. The summed E-state index contributed by atoms with van der Waals surface area (Å²) in [6.45, 7) is 1.95. The highest BCUT2D eigenvalue weighted by atomic mass is 32.2. The maximum Gasteiger partial charge on any atom is 0.262 e. The molecule has 1 aromatic carbocycles. The summed E-state index contributed by atoms with van der Waals surface area (Å²) < 4.78 is 1.50. The molecule has 3 aromatic rings. The molecule has 0 aliphatic rings. The highest BCUT2D eigenvalue weighted by Gasteiger charge is 2.13. The van der Waals surface area contributed by atoms with E-state index < -0.39 is 0 Å². The summed E-state index contributed by atoms with van der Waals surface area (Å²) in [6, 6.07) is 9.48. The highest BCUT2D eigenvalue weighted by molar-refractivity contribution is 7.99. The third-order valence-corrected chi connectivity index (χ3v) is 5.83. The molecule has 0 radical (unpaired) electrons. The van der Waals surface area contributed by atoms with Crippen LogP contribution in [0.5, 0.6) is 0 Å². The van der Waals surface area contributed by atoms with Crippen molar-refractivity contribution in [2.24, 2.45) is 7.05 Å². The van der Waals surface area contributed by atoms with E-state index in [1.165, 1.54) is 27.7 Å². The summed E-state index contributed by atoms with van der Waals surface area (Å²) in [5.74, 6) is 0.0512. The summed E-state index contributed by atoms with van der Waals surface area (Å²) in [7, 11) is 5.61. The van der Waals surface area contributed by atoms with Gasteiger partial charge in [0.05, 0.1) is 11.1 Å². The first-order valence-corrected chi connectivity index (χ1v) is 9.82. The lowest BCUT2D eigenvalue weighted by Crippen LogP contribution is -2.20. The van der Waals surface area contributed by atoms with Crippen molar-refractivity contribution in [2.75, 3.05) is 30.1 Å². The van der Waals surface area contributed by atoms with Crippen LogP contribution in [0.25, 0.3) is 10.2 Å². The number of fused-ring (bicyclic) bond motifs is 1. The molecule has 8 heteroatoms. The fourth-order valence-electron chi connectivity index (χ4n) is 2.47. The third-order valence-electron chi connectivity index (χ3n) is 3.85. The Morgan fingerprint density at radius 3 is 2.65 bits per heavy atom. The number of carbonyl (C=O) groups excluding carboxylic acids is 1. The van der Waals surface area contributed by atoms with E-state index in [-0.39, 0.29) is 17.2 Å². The average molecular weight is 389 g/mol. The van der Waals surface area contributed by atoms with Crippen LogP contribution in [0.15, 0.2) is 40.3 Å². The fourth-order valence-corrected chi connectivity index (χ4v) is 4.16. The Kier molecular flexibility index (Phi) is 5.33. The van der Waals surface area contributed by atoms with Crippen LogP contribution >= 0.6 is 23.1 Å². The number of nitrogens with zero attached hydrogens (tertiary/aromatic N) is 3. The zero-order chi connectivity index (χ0) is 18.8. The minimum atomic E-state index is -0.135. The predicted octanol–water partition coefficient (Wildman–Crippen LogP) is 3.10. The van der Waals surface area contributed by atoms with Crippen molar-refractivity contribution < 1.29 is 4.79 Å². The number of benzene rings is 1. The molecule has 0 fully saturated rings. The lowest BCUT2D eigenvalue weighted by molar-refractivity contribution is -0.113. The van der Waals surface area contributed by atoms with Gasteiger partial charge in [0.15, 0.2) is 5.16 Å². The molecule has 0 saturated carbocycles. The minimum Gasteiger partial charge on any atom is -0.378 e. The van der Waals surface area contributed by atoms with Gasteiger partial charge in [-0.25, -0.2) is 4.98 Å². The van der Waals surface area contributed by atoms with Crippen molar-refractivity contribution >= 4 is 50.6 Å². The molecule has 0 bridgehead atoms. The van der Waals surface area contributed by atoms with Crippen molar-refractivity contribution in [1.29, 1.82) is 0 Å². The molecule has 0 aliphatic heterocycles. The second kappa shape index (κ2) is 7.51. The number of hydrogen-bond donors (Lipinski definition) is 1. The molecule has 1 N–H and O–H groups in total. The second-order valence-corrected chi connectivity index (χ2v) is 8.29. The third kappa shape index (κ3) is 3.91. The van der Waals surface area contributed by atoms with Gasteiger partial charge in [0.1, 0.15) is 4.83 Å². The lowest BCUT2D eigenvalue weighted by Gasteiger charge is -2.13. The van der Waals surface area contributed by atoms with E-state index >= 15 is 0 Å². The van der Waals surface area contributed by atoms with Crippen LogP contribution in [0.1, 0.15) is 4.88 Å². The minimum absolute atomic E-state index is 0.0819. The summed E-state index contributed by atoms with van der Waals surface area (Å²) in [4.78, 5) is 32.9. The van der Waals surface area contributed by atoms with Crippen LogP contribution in [-0.4, -0.2) is 35.3 Å². The number of thioether (sulfide) groups is 1. The first-order chi connectivity index (χ1) is 12.3. The van der Waals surface area contributed by atoms with Crippen molar-refractivity contribution in [1.82, 2.24) is 9.55 Å². The fraction of sp³-hybridized carbons (Fsp3) is 0.278. The van der Waals surface area contributed by atoms with Gasteiger partial charge in [-0.15, -0.1) is 11.3 Å². The molecule has 3 rings (SSSR count). The Morgan fingerprint density at radius 1 is 1.31 bits per heavy atom. The number of hydrogen-bond acceptors (Lipinski definition) is 6. The van der Waals surface area contributed by atoms with Gasteiger partial charge in [0.2, 0.25) is 5.91 Å². The summed E-state index contributed by atoms with van der Waals surface area (Å²) in [6.07, 6.45) is 0. The molecule has 0 spiro atoms. The number of rotatable bonds is 5. The van der Waals surface area contributed by atoms with E-state index in [1.807, 2.05) is 56.3 Å². The molecule has 0 unspecified atom stereocenters. The Morgan fingerprint density at radius 2 is 2.00 bits per heavy atom. The number of anilines is 2. The van der Waals surface area contributed by atoms with E-state index in [4.69, 9.17) is 0 Å². The van der Waals surface area contributed by atoms with Crippen LogP contribution in [0.4, 0.5) is 11.4 Å². The number of thiophene rings is 1. The van der Waals surface area contributed by atoms with Gasteiger partial charge in [-0.3, -0.25) is 14.2 Å². The van der Waals surface area contributed by atoms with Crippen LogP contribution < -0.4 is 15.8 Å². The van der Waals surface area contributed by atoms with Gasteiger partial charge in [-0.1, -0.05) is 11.8 Å². The largest absolute Gasteiger partial charge is 0.378 e. The van der Waals surface area contributed by atoms with Crippen molar-refractivity contribution in [3.8, 4) is 0 Å². The van der Waals surface area contributed by atoms with Crippen LogP contribution in [-0.2, 0) is 11.8 Å². The summed E-state index contributed by atoms with van der Waals surface area (Å²) in [5.41, 5.74) is 1.73. The molecule has 0 saturated heterocycles. The lowest BCUT2D eigenvalue weighted by atomic mass is 10.2. The van der Waals surface area contributed by atoms with Crippen LogP contribution in [0.3, 0.4) is 0 Å². The van der Waals surface area contributed by atoms with E-state index in [1.54, 1.807) is 7.05 Å². The van der Waals surface area contributed by atoms with Gasteiger partial charge in [-0.05, 0) is 37.3 Å². The zero-order valence-electron chi connectivity index (χ0n) is 15.1. The van der Waals surface area contributed by atoms with Crippen molar-refractivity contribution in [3.05, 3.63) is 45.6 Å². The number of carbonyl (C=O) groups is 1. The molecule has 1 amide bonds. The summed E-state index contributed by atoms with van der Waals surface area (Å²) >= 11 is 2.75. The first kappa shape index (κ1) is 18.5. The maximum atomic E-state index is 12.4. The smallest absolute Gasteiger partial charge is 0.262 e. The Balaban J connectivity index is 1.68. The number of aryl methyl sites for hydroxylation is 1. The zero-order valence-corrected chi connectivity index (χ0v) is 16.7. The monoisotopic (exact) mass is 388 g/mol. The van der Waals surface area contributed by atoms with Crippen LogP contribution in [0, 0.1) is 6.92 Å². The number of aromatic nitrogens is 2. The molecule has 6 nitrogen and oxygen atoms in total. The van der Waals surface area contributed by atoms with Gasteiger partial charge in [0, 0.05) is 37.4 Å². The van der Waals surface area contributed by atoms with E-state index in [2.05, 4.69) is 10.3 Å². The normalized spacial score (nSPS) is 10.9. The Bertz CT molecular complexity index is 1010. The van der Waals surface area contributed by atoms with Crippen molar-refractivity contribution in [2.45, 2.75) is 12.1 Å². The maximum absolute atomic E-state index is 12.4. The Hall–Kier alpha value is -2.32. The van der Waals surface area contributed by atoms with Crippen molar-refractivity contribution in [3.63, 3.8) is 0 Å². The summed E-state index contributed by atoms with van der Waals surface area (Å²) in [5, 5.41) is 4.04. The quantitative estimate of drug-likeness (QED) is 0.537. The van der Waals surface area contributed by atoms with Gasteiger partial charge in [-0.2, -0.15) is 0 Å². The number of nitrogens with one attached hydrogen (secondary N) is 1. The molecule has 26 heavy (non-hydrogen) atoms. The SMILES string of the molecule is Cc1cc2c(=O)n(C)c(SCC(=O)Nc3ccc(N(C)C)cc3)nc2s1. The Labute approximate surface area is 159 Å². The highest BCUT2D eigenvalue weighted by Crippen LogP contribution is 2.24. The van der Waals surface area contributed by atoms with Gasteiger partial charge < -0.3 is 10.2 Å².